The highest BCUT2D eigenvalue weighted by Crippen LogP contribution is 2.44. The van der Waals surface area contributed by atoms with Gasteiger partial charge in [-0.2, -0.15) is 10.2 Å². The van der Waals surface area contributed by atoms with Gasteiger partial charge in [-0.1, -0.05) is 72.8 Å². The Bertz CT molecular complexity index is 2300. The first kappa shape index (κ1) is 24.6. The van der Waals surface area contributed by atoms with Gasteiger partial charge in [-0.15, -0.1) is 0 Å². The molecule has 202 valence electrons. The van der Waals surface area contributed by atoms with Crippen molar-refractivity contribution in [1.82, 2.24) is 19.3 Å². The number of fused-ring (bicyclic) bond motifs is 6. The average Bonchev–Trinajstić information content (AvgIpc) is 3.54. The molecule has 8 aromatic rings. The predicted octanol–water partition coefficient (Wildman–Crippen LogP) is 9.57. The van der Waals surface area contributed by atoms with Gasteiger partial charge in [0.1, 0.15) is 0 Å². The van der Waals surface area contributed by atoms with Gasteiger partial charge in [-0.05, 0) is 85.3 Å². The molecule has 8 rings (SSSR count). The minimum atomic E-state index is 1.10. The summed E-state index contributed by atoms with van der Waals surface area (Å²) in [5, 5.41) is 13.1. The van der Waals surface area contributed by atoms with Crippen LogP contribution in [0.3, 0.4) is 0 Å². The van der Waals surface area contributed by atoms with Crippen LogP contribution in [0, 0.1) is 27.7 Å². The number of rotatable bonds is 3. The van der Waals surface area contributed by atoms with Gasteiger partial charge in [0.25, 0.3) is 0 Å². The van der Waals surface area contributed by atoms with Crippen LogP contribution in [-0.2, 0) is 0 Å². The van der Waals surface area contributed by atoms with Gasteiger partial charge < -0.3 is 9.13 Å². The number of hydrogen-bond donors (Lipinski definition) is 0. The highest BCUT2D eigenvalue weighted by Gasteiger charge is 2.25. The lowest BCUT2D eigenvalue weighted by Crippen LogP contribution is -2.06. The van der Waals surface area contributed by atoms with Gasteiger partial charge in [0.05, 0.1) is 40.1 Å². The number of para-hydroxylation sites is 3. The van der Waals surface area contributed by atoms with Crippen molar-refractivity contribution in [3.05, 3.63) is 132 Å². The Morgan fingerprint density at radius 1 is 0.476 bits per heavy atom. The molecule has 3 aromatic heterocycles. The summed E-state index contributed by atoms with van der Waals surface area (Å²) in [7, 11) is 0. The third-order valence-corrected chi connectivity index (χ3v) is 9.15. The van der Waals surface area contributed by atoms with Crippen molar-refractivity contribution in [3.8, 4) is 22.5 Å². The van der Waals surface area contributed by atoms with E-state index in [1.165, 1.54) is 77.6 Å². The van der Waals surface area contributed by atoms with Crippen molar-refractivity contribution in [2.75, 3.05) is 0 Å². The van der Waals surface area contributed by atoms with E-state index in [1.807, 2.05) is 12.4 Å². The van der Waals surface area contributed by atoms with E-state index < -0.39 is 0 Å². The summed E-state index contributed by atoms with van der Waals surface area (Å²) in [5.41, 5.74) is 15.0. The maximum Gasteiger partial charge on any atom is 0.0804 e. The molecular formula is C38H30N4. The van der Waals surface area contributed by atoms with Gasteiger partial charge in [-0.25, -0.2) is 0 Å². The van der Waals surface area contributed by atoms with Crippen molar-refractivity contribution in [2.24, 2.45) is 0 Å². The van der Waals surface area contributed by atoms with Crippen LogP contribution in [0.4, 0.5) is 0 Å². The lowest BCUT2D eigenvalue weighted by atomic mass is 9.86. The fourth-order valence-electron chi connectivity index (χ4n) is 7.04. The number of benzene rings is 5. The lowest BCUT2D eigenvalue weighted by Gasteiger charge is -2.23. The van der Waals surface area contributed by atoms with Crippen LogP contribution in [0.5, 0.6) is 0 Å². The first-order chi connectivity index (χ1) is 20.6. The van der Waals surface area contributed by atoms with Crippen molar-refractivity contribution in [1.29, 1.82) is 0 Å². The zero-order valence-electron chi connectivity index (χ0n) is 24.2. The van der Waals surface area contributed by atoms with E-state index in [0.717, 1.165) is 10.8 Å². The summed E-state index contributed by atoms with van der Waals surface area (Å²) in [4.78, 5) is 0. The van der Waals surface area contributed by atoms with E-state index in [1.54, 1.807) is 0 Å². The first-order valence-electron chi connectivity index (χ1n) is 14.4. The van der Waals surface area contributed by atoms with E-state index in [4.69, 9.17) is 0 Å². The molecule has 5 aromatic carbocycles. The molecule has 0 amide bonds. The molecule has 0 atom stereocenters. The first-order valence-corrected chi connectivity index (χ1v) is 14.4. The topological polar surface area (TPSA) is 35.6 Å². The normalized spacial score (nSPS) is 11.8. The Morgan fingerprint density at radius 2 is 1.05 bits per heavy atom. The number of nitrogens with zero attached hydrogens (tertiary/aromatic N) is 4. The van der Waals surface area contributed by atoms with Gasteiger partial charge in [0.2, 0.25) is 0 Å². The van der Waals surface area contributed by atoms with Crippen LogP contribution in [0.1, 0.15) is 22.3 Å². The van der Waals surface area contributed by atoms with Crippen LogP contribution in [0.2, 0.25) is 0 Å². The SMILES string of the molecule is Cc1c(C)c(-n2c3ccccc3c3c2c2ccccc2n3-c2ccccc2)c(C)c(C)c1-c1cccc2cnncc12. The van der Waals surface area contributed by atoms with Gasteiger partial charge in [0.15, 0.2) is 0 Å². The summed E-state index contributed by atoms with van der Waals surface area (Å²) in [5.74, 6) is 0. The zero-order chi connectivity index (χ0) is 28.5. The van der Waals surface area contributed by atoms with Crippen molar-refractivity contribution < 1.29 is 0 Å². The monoisotopic (exact) mass is 542 g/mol. The maximum absolute atomic E-state index is 4.23. The molecule has 4 nitrogen and oxygen atoms in total. The van der Waals surface area contributed by atoms with Crippen molar-refractivity contribution in [2.45, 2.75) is 27.7 Å². The molecular weight excluding hydrogens is 512 g/mol. The number of hydrogen-bond acceptors (Lipinski definition) is 2. The van der Waals surface area contributed by atoms with Gasteiger partial charge in [0, 0.05) is 27.2 Å². The van der Waals surface area contributed by atoms with Crippen LogP contribution in [0.15, 0.2) is 109 Å². The van der Waals surface area contributed by atoms with Crippen molar-refractivity contribution in [3.63, 3.8) is 0 Å². The zero-order valence-corrected chi connectivity index (χ0v) is 24.2. The highest BCUT2D eigenvalue weighted by atomic mass is 15.1. The Balaban J connectivity index is 1.53. The van der Waals surface area contributed by atoms with Crippen LogP contribution >= 0.6 is 0 Å². The third kappa shape index (κ3) is 3.29. The second kappa shape index (κ2) is 9.15. The smallest absolute Gasteiger partial charge is 0.0804 e. The molecule has 0 aliphatic rings. The Kier molecular flexibility index (Phi) is 5.35. The average molecular weight is 543 g/mol. The molecule has 0 saturated carbocycles. The number of aromatic nitrogens is 4. The summed E-state index contributed by atoms with van der Waals surface area (Å²) in [6, 6.07) is 34.8. The fourth-order valence-corrected chi connectivity index (χ4v) is 7.04. The van der Waals surface area contributed by atoms with Gasteiger partial charge >= 0.3 is 0 Å². The molecule has 0 saturated heterocycles. The molecule has 0 spiro atoms. The molecule has 4 heteroatoms. The quantitative estimate of drug-likeness (QED) is 0.223. The fraction of sp³-hybridized carbons (Fsp3) is 0.105. The van der Waals surface area contributed by atoms with Crippen LogP contribution in [0.25, 0.3) is 66.1 Å². The molecule has 0 fully saturated rings. The van der Waals surface area contributed by atoms with Crippen molar-refractivity contribution >= 4 is 43.6 Å². The molecule has 0 N–H and O–H groups in total. The molecule has 42 heavy (non-hydrogen) atoms. The molecule has 0 unspecified atom stereocenters. The largest absolute Gasteiger partial charge is 0.307 e. The molecule has 0 bridgehead atoms. The molecule has 3 heterocycles. The van der Waals surface area contributed by atoms with Crippen LogP contribution in [-0.4, -0.2) is 19.3 Å². The van der Waals surface area contributed by atoms with E-state index >= 15 is 0 Å². The second-order valence-corrected chi connectivity index (χ2v) is 11.3. The maximum atomic E-state index is 4.23. The predicted molar refractivity (Wildman–Crippen MR) is 175 cm³/mol. The summed E-state index contributed by atoms with van der Waals surface area (Å²) >= 11 is 0. The van der Waals surface area contributed by atoms with E-state index in [-0.39, 0.29) is 0 Å². The molecule has 0 aliphatic carbocycles. The summed E-state index contributed by atoms with van der Waals surface area (Å²) in [6.07, 6.45) is 3.74. The third-order valence-electron chi connectivity index (χ3n) is 9.15. The molecule has 0 radical (unpaired) electrons. The summed E-state index contributed by atoms with van der Waals surface area (Å²) in [6.45, 7) is 9.10. The molecule has 0 aliphatic heterocycles. The van der Waals surface area contributed by atoms with Crippen LogP contribution < -0.4 is 0 Å². The summed E-state index contributed by atoms with van der Waals surface area (Å²) < 4.78 is 4.95. The van der Waals surface area contributed by atoms with E-state index in [9.17, 15) is 0 Å². The Hall–Kier alpha value is -5.22. The minimum absolute atomic E-state index is 1.10. The van der Waals surface area contributed by atoms with Gasteiger partial charge in [-0.3, -0.25) is 0 Å². The van der Waals surface area contributed by atoms with E-state index in [0.29, 0.717) is 0 Å². The second-order valence-electron chi connectivity index (χ2n) is 11.3. The minimum Gasteiger partial charge on any atom is -0.307 e. The lowest BCUT2D eigenvalue weighted by molar-refractivity contribution is 1.05. The van der Waals surface area contributed by atoms with E-state index in [2.05, 4.69) is 144 Å². The Morgan fingerprint density at radius 3 is 1.74 bits per heavy atom. The standard InChI is InChI=1S/C38H30N4/c1-23-25(3)36(26(4)24(2)35(23)29-18-12-13-27-21-39-40-22-32(27)29)42-34-20-11-9-17-31(34)37-38(42)30-16-8-10-19-33(30)41(37)28-14-6-5-7-15-28/h5-22H,1-4H3. The Labute approximate surface area is 244 Å². The highest BCUT2D eigenvalue weighted by molar-refractivity contribution is 6.20.